The zero-order chi connectivity index (χ0) is 14.5. The van der Waals surface area contributed by atoms with E-state index in [1.54, 1.807) is 18.2 Å². The van der Waals surface area contributed by atoms with Crippen LogP contribution >= 0.6 is 23.2 Å². The average Bonchev–Trinajstić information content (AvgIpc) is 3.21. The maximum absolute atomic E-state index is 10.7. The third-order valence-corrected chi connectivity index (χ3v) is 3.75. The van der Waals surface area contributed by atoms with Gasteiger partial charge in [-0.2, -0.15) is 0 Å². The summed E-state index contributed by atoms with van der Waals surface area (Å²) in [5, 5.41) is 13.7. The summed E-state index contributed by atoms with van der Waals surface area (Å²) in [6.07, 6.45) is 2.63. The highest BCUT2D eigenvalue weighted by atomic mass is 35.5. The lowest BCUT2D eigenvalue weighted by Gasteiger charge is -2.07. The molecule has 0 radical (unpaired) electrons. The van der Waals surface area contributed by atoms with E-state index in [1.807, 2.05) is 0 Å². The Bertz CT molecular complexity index is 527. The number of nitrogens with zero attached hydrogens (tertiary/aromatic N) is 1. The molecule has 1 fully saturated rings. The Hall–Kier alpha value is -1.26. The number of aliphatic carboxylic acids is 1. The molecule has 1 N–H and O–H groups in total. The van der Waals surface area contributed by atoms with Gasteiger partial charge in [0.25, 0.3) is 0 Å². The van der Waals surface area contributed by atoms with Gasteiger partial charge in [0.2, 0.25) is 0 Å². The van der Waals surface area contributed by atoms with E-state index in [1.165, 1.54) is 12.8 Å². The van der Waals surface area contributed by atoms with E-state index in [0.717, 1.165) is 5.56 Å². The van der Waals surface area contributed by atoms with Crippen LogP contribution in [-0.4, -0.2) is 23.4 Å². The van der Waals surface area contributed by atoms with Gasteiger partial charge in [0.1, 0.15) is 6.61 Å². The van der Waals surface area contributed by atoms with Crippen LogP contribution in [0.3, 0.4) is 0 Å². The van der Waals surface area contributed by atoms with Gasteiger partial charge in [0.15, 0.2) is 0 Å². The molecule has 0 bridgehead atoms. The first-order valence-corrected chi connectivity index (χ1v) is 7.18. The van der Waals surface area contributed by atoms with Crippen LogP contribution in [0.1, 0.15) is 31.2 Å². The fraction of sp³-hybridized carbons (Fsp3) is 0.429. The van der Waals surface area contributed by atoms with Crippen LogP contribution in [0.25, 0.3) is 0 Å². The second-order valence-electron chi connectivity index (χ2n) is 4.80. The van der Waals surface area contributed by atoms with Crippen molar-refractivity contribution in [3.05, 3.63) is 33.8 Å². The summed E-state index contributed by atoms with van der Waals surface area (Å²) in [5.41, 5.74) is 1.31. The van der Waals surface area contributed by atoms with Crippen molar-refractivity contribution in [2.24, 2.45) is 11.1 Å². The van der Waals surface area contributed by atoms with Gasteiger partial charge in [0, 0.05) is 12.0 Å². The summed E-state index contributed by atoms with van der Waals surface area (Å²) >= 11 is 11.8. The molecule has 108 valence electrons. The Morgan fingerprint density at radius 2 is 2.05 bits per heavy atom. The molecular formula is C14H15Cl2NO3. The predicted molar refractivity (Wildman–Crippen MR) is 78.5 cm³/mol. The molecule has 0 amide bonds. The molecule has 0 unspecified atom stereocenters. The van der Waals surface area contributed by atoms with E-state index >= 15 is 0 Å². The van der Waals surface area contributed by atoms with Gasteiger partial charge < -0.3 is 9.94 Å². The van der Waals surface area contributed by atoms with Gasteiger partial charge in [0.05, 0.1) is 22.2 Å². The van der Waals surface area contributed by atoms with Crippen molar-refractivity contribution in [2.75, 3.05) is 6.61 Å². The minimum atomic E-state index is -0.875. The van der Waals surface area contributed by atoms with Crippen molar-refractivity contribution >= 4 is 34.9 Å². The molecule has 20 heavy (non-hydrogen) atoms. The monoisotopic (exact) mass is 315 g/mol. The number of carbonyl (C=O) groups is 1. The Kier molecular flexibility index (Phi) is 5.26. The molecule has 2 rings (SSSR count). The quantitative estimate of drug-likeness (QED) is 0.611. The average molecular weight is 316 g/mol. The first-order valence-electron chi connectivity index (χ1n) is 6.42. The zero-order valence-corrected chi connectivity index (χ0v) is 12.3. The Morgan fingerprint density at radius 3 is 2.65 bits per heavy atom. The number of benzene rings is 1. The number of hydrogen-bond acceptors (Lipinski definition) is 3. The number of carboxylic acids is 1. The molecule has 6 heteroatoms. The molecule has 1 aliphatic rings. The van der Waals surface area contributed by atoms with E-state index in [4.69, 9.17) is 33.1 Å². The van der Waals surface area contributed by atoms with Gasteiger partial charge in [-0.3, -0.25) is 4.79 Å². The first-order chi connectivity index (χ1) is 9.56. The zero-order valence-electron chi connectivity index (χ0n) is 10.8. The minimum Gasteiger partial charge on any atom is -0.481 e. The molecule has 0 heterocycles. The third kappa shape index (κ3) is 4.69. The third-order valence-electron chi connectivity index (χ3n) is 3.01. The summed E-state index contributed by atoms with van der Waals surface area (Å²) in [7, 11) is 0. The van der Waals surface area contributed by atoms with E-state index < -0.39 is 5.97 Å². The number of rotatable bonds is 7. The molecule has 1 aromatic rings. The van der Waals surface area contributed by atoms with Crippen LogP contribution in [0, 0.1) is 5.92 Å². The van der Waals surface area contributed by atoms with Crippen LogP contribution in [0.15, 0.2) is 23.4 Å². The molecule has 0 aromatic heterocycles. The number of oxime groups is 1. The van der Waals surface area contributed by atoms with Crippen molar-refractivity contribution < 1.29 is 14.7 Å². The number of hydrogen-bond donors (Lipinski definition) is 1. The molecule has 1 aromatic carbocycles. The molecule has 0 atom stereocenters. The molecule has 0 saturated heterocycles. The van der Waals surface area contributed by atoms with Crippen molar-refractivity contribution in [1.29, 1.82) is 0 Å². The van der Waals surface area contributed by atoms with Crippen LogP contribution in [0.5, 0.6) is 0 Å². The second kappa shape index (κ2) is 6.95. The highest BCUT2D eigenvalue weighted by Gasteiger charge is 2.22. The standard InChI is InChI=1S/C14H15Cl2NO3/c15-11-4-3-10(7-12(11)16)13(5-6-14(18)19)17-20-8-9-1-2-9/h3-4,7,9H,1-2,5-6,8H2,(H,18,19)/b17-13+. The summed E-state index contributed by atoms with van der Waals surface area (Å²) in [5.74, 6) is -0.284. The number of carboxylic acid groups (broad SMARTS) is 1. The molecule has 0 spiro atoms. The van der Waals surface area contributed by atoms with Crippen molar-refractivity contribution in [2.45, 2.75) is 25.7 Å². The Labute approximate surface area is 127 Å². The molecule has 1 saturated carbocycles. The molecule has 0 aliphatic heterocycles. The highest BCUT2D eigenvalue weighted by Crippen LogP contribution is 2.29. The van der Waals surface area contributed by atoms with E-state index in [0.29, 0.717) is 28.3 Å². The van der Waals surface area contributed by atoms with Crippen LogP contribution in [0.2, 0.25) is 10.0 Å². The smallest absolute Gasteiger partial charge is 0.303 e. The summed E-state index contributed by atoms with van der Waals surface area (Å²) in [6.45, 7) is 0.581. The lowest BCUT2D eigenvalue weighted by atomic mass is 10.1. The fourth-order valence-corrected chi connectivity index (χ4v) is 1.95. The SMILES string of the molecule is O=C(O)CC/C(=N\OCC1CC1)c1ccc(Cl)c(Cl)c1. The molecule has 1 aliphatic carbocycles. The lowest BCUT2D eigenvalue weighted by Crippen LogP contribution is -2.07. The van der Waals surface area contributed by atoms with Crippen LogP contribution < -0.4 is 0 Å². The van der Waals surface area contributed by atoms with Crippen LogP contribution in [0.4, 0.5) is 0 Å². The molecule has 4 nitrogen and oxygen atoms in total. The van der Waals surface area contributed by atoms with Gasteiger partial charge in [-0.15, -0.1) is 0 Å². The summed E-state index contributed by atoms with van der Waals surface area (Å²) < 4.78 is 0. The Morgan fingerprint density at radius 1 is 1.30 bits per heavy atom. The maximum atomic E-state index is 10.7. The Balaban J connectivity index is 2.09. The minimum absolute atomic E-state index is 0.00807. The van der Waals surface area contributed by atoms with Gasteiger partial charge in [-0.1, -0.05) is 34.4 Å². The van der Waals surface area contributed by atoms with Gasteiger partial charge in [-0.25, -0.2) is 0 Å². The van der Waals surface area contributed by atoms with Gasteiger partial charge >= 0.3 is 5.97 Å². The van der Waals surface area contributed by atoms with Crippen molar-refractivity contribution in [1.82, 2.24) is 0 Å². The lowest BCUT2D eigenvalue weighted by molar-refractivity contribution is -0.136. The fourth-order valence-electron chi connectivity index (χ4n) is 1.65. The molecular weight excluding hydrogens is 301 g/mol. The largest absolute Gasteiger partial charge is 0.481 e. The normalized spacial score (nSPS) is 15.2. The number of halogens is 2. The van der Waals surface area contributed by atoms with E-state index in [2.05, 4.69) is 5.16 Å². The van der Waals surface area contributed by atoms with E-state index in [9.17, 15) is 4.79 Å². The maximum Gasteiger partial charge on any atom is 0.303 e. The second-order valence-corrected chi connectivity index (χ2v) is 5.61. The summed E-state index contributed by atoms with van der Waals surface area (Å²) in [4.78, 5) is 16.0. The van der Waals surface area contributed by atoms with Crippen LogP contribution in [-0.2, 0) is 9.63 Å². The van der Waals surface area contributed by atoms with Gasteiger partial charge in [-0.05, 0) is 30.9 Å². The van der Waals surface area contributed by atoms with E-state index in [-0.39, 0.29) is 12.8 Å². The highest BCUT2D eigenvalue weighted by molar-refractivity contribution is 6.42. The topological polar surface area (TPSA) is 58.9 Å². The first kappa shape index (κ1) is 15.1. The summed E-state index contributed by atoms with van der Waals surface area (Å²) in [6, 6.07) is 5.09. The van der Waals surface area contributed by atoms with Crippen molar-refractivity contribution in [3.63, 3.8) is 0 Å². The predicted octanol–water partition coefficient (Wildman–Crippen LogP) is 3.99. The van der Waals surface area contributed by atoms with Crippen molar-refractivity contribution in [3.8, 4) is 0 Å².